The molecule has 2 atom stereocenters. The SMILES string of the molecule is CNC(=O)C1CC1(C)N(C)C. The van der Waals surface area contributed by atoms with E-state index in [0.717, 1.165) is 6.42 Å². The third-order valence-corrected chi connectivity index (χ3v) is 2.79. The summed E-state index contributed by atoms with van der Waals surface area (Å²) in [7, 11) is 5.72. The number of nitrogens with zero attached hydrogens (tertiary/aromatic N) is 1. The molecule has 0 radical (unpaired) electrons. The fourth-order valence-corrected chi connectivity index (χ4v) is 1.40. The Labute approximate surface area is 67.8 Å². The van der Waals surface area contributed by atoms with Gasteiger partial charge in [-0.1, -0.05) is 0 Å². The second kappa shape index (κ2) is 2.48. The van der Waals surface area contributed by atoms with Crippen LogP contribution in [-0.4, -0.2) is 37.5 Å². The first-order chi connectivity index (χ1) is 5.02. The molecule has 0 saturated heterocycles. The van der Waals surface area contributed by atoms with Gasteiger partial charge in [-0.15, -0.1) is 0 Å². The minimum absolute atomic E-state index is 0.111. The zero-order valence-electron chi connectivity index (χ0n) is 7.64. The molecule has 3 heteroatoms. The summed E-state index contributed by atoms with van der Waals surface area (Å²) >= 11 is 0. The third-order valence-electron chi connectivity index (χ3n) is 2.79. The Bertz CT molecular complexity index is 179. The first-order valence-electron chi connectivity index (χ1n) is 3.91. The Morgan fingerprint density at radius 3 is 2.45 bits per heavy atom. The average molecular weight is 156 g/mol. The van der Waals surface area contributed by atoms with Crippen molar-refractivity contribution < 1.29 is 4.79 Å². The Hall–Kier alpha value is -0.570. The number of rotatable bonds is 2. The van der Waals surface area contributed by atoms with Gasteiger partial charge in [-0.2, -0.15) is 0 Å². The maximum Gasteiger partial charge on any atom is 0.224 e. The van der Waals surface area contributed by atoms with Crippen LogP contribution in [0.2, 0.25) is 0 Å². The molecule has 1 amide bonds. The van der Waals surface area contributed by atoms with Gasteiger partial charge in [-0.05, 0) is 27.4 Å². The summed E-state index contributed by atoms with van der Waals surface area (Å²) < 4.78 is 0. The van der Waals surface area contributed by atoms with E-state index < -0.39 is 0 Å². The highest BCUT2D eigenvalue weighted by atomic mass is 16.2. The maximum atomic E-state index is 11.2. The quantitative estimate of drug-likeness (QED) is 0.613. The molecule has 1 N–H and O–H groups in total. The third kappa shape index (κ3) is 1.25. The second-order valence-electron chi connectivity index (χ2n) is 3.62. The van der Waals surface area contributed by atoms with Gasteiger partial charge in [-0.3, -0.25) is 4.79 Å². The van der Waals surface area contributed by atoms with E-state index in [1.165, 1.54) is 0 Å². The lowest BCUT2D eigenvalue weighted by Crippen LogP contribution is -2.33. The molecule has 1 rings (SSSR count). The van der Waals surface area contributed by atoms with Crippen molar-refractivity contribution in [3.63, 3.8) is 0 Å². The molecule has 64 valence electrons. The number of hydrogen-bond donors (Lipinski definition) is 1. The summed E-state index contributed by atoms with van der Waals surface area (Å²) in [6.07, 6.45) is 0.986. The van der Waals surface area contributed by atoms with Crippen molar-refractivity contribution in [1.82, 2.24) is 10.2 Å². The van der Waals surface area contributed by atoms with E-state index in [4.69, 9.17) is 0 Å². The van der Waals surface area contributed by atoms with Crippen molar-refractivity contribution in [2.75, 3.05) is 21.1 Å². The van der Waals surface area contributed by atoms with Crippen LogP contribution < -0.4 is 5.32 Å². The van der Waals surface area contributed by atoms with Crippen LogP contribution in [-0.2, 0) is 4.79 Å². The fourth-order valence-electron chi connectivity index (χ4n) is 1.40. The van der Waals surface area contributed by atoms with Crippen molar-refractivity contribution in [3.05, 3.63) is 0 Å². The molecule has 1 fully saturated rings. The molecule has 0 aromatic carbocycles. The van der Waals surface area contributed by atoms with Gasteiger partial charge in [0.05, 0.1) is 5.92 Å². The molecule has 1 aliphatic carbocycles. The van der Waals surface area contributed by atoms with Gasteiger partial charge >= 0.3 is 0 Å². The normalized spacial score (nSPS) is 35.5. The highest BCUT2D eigenvalue weighted by Gasteiger charge is 2.55. The standard InChI is InChI=1S/C8H16N2O/c1-8(10(3)4)5-6(8)7(11)9-2/h6H,5H2,1-4H3,(H,9,11). The summed E-state index contributed by atoms with van der Waals surface area (Å²) in [5, 5.41) is 2.67. The monoisotopic (exact) mass is 156 g/mol. The molecule has 1 aliphatic rings. The van der Waals surface area contributed by atoms with Crippen LogP contribution >= 0.6 is 0 Å². The Kier molecular flexibility index (Phi) is 1.92. The topological polar surface area (TPSA) is 32.3 Å². The molecule has 0 heterocycles. The van der Waals surface area contributed by atoms with Crippen molar-refractivity contribution >= 4 is 5.91 Å². The predicted octanol–water partition coefficient (Wildman–Crippen LogP) is 0.0726. The van der Waals surface area contributed by atoms with Crippen LogP contribution in [0, 0.1) is 5.92 Å². The number of carbonyl (C=O) groups is 1. The van der Waals surface area contributed by atoms with Crippen molar-refractivity contribution in [2.24, 2.45) is 5.92 Å². The fraction of sp³-hybridized carbons (Fsp3) is 0.875. The van der Waals surface area contributed by atoms with E-state index in [1.54, 1.807) is 7.05 Å². The molecule has 0 aromatic heterocycles. The van der Waals surface area contributed by atoms with Gasteiger partial charge < -0.3 is 10.2 Å². The van der Waals surface area contributed by atoms with Crippen LogP contribution in [0.15, 0.2) is 0 Å². The summed E-state index contributed by atoms with van der Waals surface area (Å²) in [6.45, 7) is 2.12. The lowest BCUT2D eigenvalue weighted by molar-refractivity contribution is -0.122. The molecule has 11 heavy (non-hydrogen) atoms. The Balaban J connectivity index is 2.53. The molecular weight excluding hydrogens is 140 g/mol. The predicted molar refractivity (Wildman–Crippen MR) is 44.3 cm³/mol. The number of nitrogens with one attached hydrogen (secondary N) is 1. The molecule has 0 aromatic rings. The van der Waals surface area contributed by atoms with E-state index in [2.05, 4.69) is 17.1 Å². The van der Waals surface area contributed by atoms with Crippen LogP contribution in [0.1, 0.15) is 13.3 Å². The van der Waals surface area contributed by atoms with Gasteiger partial charge in [0.2, 0.25) is 5.91 Å². The Morgan fingerprint density at radius 1 is 1.64 bits per heavy atom. The summed E-state index contributed by atoms with van der Waals surface area (Å²) in [4.78, 5) is 13.3. The molecule has 0 spiro atoms. The van der Waals surface area contributed by atoms with Gasteiger partial charge in [0.25, 0.3) is 0 Å². The summed E-state index contributed by atoms with van der Waals surface area (Å²) in [5.74, 6) is 0.365. The zero-order valence-corrected chi connectivity index (χ0v) is 7.64. The van der Waals surface area contributed by atoms with Crippen LogP contribution in [0.25, 0.3) is 0 Å². The highest BCUT2D eigenvalue weighted by Crippen LogP contribution is 2.46. The van der Waals surface area contributed by atoms with Crippen molar-refractivity contribution in [2.45, 2.75) is 18.9 Å². The number of amides is 1. The maximum absolute atomic E-state index is 11.2. The first-order valence-corrected chi connectivity index (χ1v) is 3.91. The summed E-state index contributed by atoms with van der Waals surface area (Å²) in [5.41, 5.74) is 0.111. The van der Waals surface area contributed by atoms with Crippen LogP contribution in [0.5, 0.6) is 0 Å². The molecule has 1 saturated carbocycles. The van der Waals surface area contributed by atoms with E-state index in [9.17, 15) is 4.79 Å². The number of hydrogen-bond acceptors (Lipinski definition) is 2. The van der Waals surface area contributed by atoms with Gasteiger partial charge in [0, 0.05) is 12.6 Å². The van der Waals surface area contributed by atoms with Gasteiger partial charge in [0.1, 0.15) is 0 Å². The first kappa shape index (κ1) is 8.53. The van der Waals surface area contributed by atoms with E-state index in [1.807, 2.05) is 14.1 Å². The largest absolute Gasteiger partial charge is 0.359 e. The average Bonchev–Trinajstić information content (AvgIpc) is 2.63. The minimum atomic E-state index is 0.111. The lowest BCUT2D eigenvalue weighted by Gasteiger charge is -2.19. The zero-order chi connectivity index (χ0) is 8.65. The van der Waals surface area contributed by atoms with Crippen LogP contribution in [0.3, 0.4) is 0 Å². The lowest BCUT2D eigenvalue weighted by atomic mass is 10.2. The molecule has 0 bridgehead atoms. The molecule has 3 nitrogen and oxygen atoms in total. The molecule has 0 aliphatic heterocycles. The second-order valence-corrected chi connectivity index (χ2v) is 3.62. The minimum Gasteiger partial charge on any atom is -0.359 e. The van der Waals surface area contributed by atoms with Crippen molar-refractivity contribution in [3.8, 4) is 0 Å². The molecule has 2 unspecified atom stereocenters. The van der Waals surface area contributed by atoms with Crippen LogP contribution in [0.4, 0.5) is 0 Å². The van der Waals surface area contributed by atoms with E-state index >= 15 is 0 Å². The smallest absolute Gasteiger partial charge is 0.224 e. The van der Waals surface area contributed by atoms with E-state index in [0.29, 0.717) is 0 Å². The molecular formula is C8H16N2O. The van der Waals surface area contributed by atoms with Crippen molar-refractivity contribution in [1.29, 1.82) is 0 Å². The summed E-state index contributed by atoms with van der Waals surface area (Å²) in [6, 6.07) is 0. The van der Waals surface area contributed by atoms with E-state index in [-0.39, 0.29) is 17.4 Å². The van der Waals surface area contributed by atoms with Gasteiger partial charge in [-0.25, -0.2) is 0 Å². The highest BCUT2D eigenvalue weighted by molar-refractivity contribution is 5.83. The number of carbonyl (C=O) groups excluding carboxylic acids is 1. The Morgan fingerprint density at radius 2 is 2.18 bits per heavy atom. The van der Waals surface area contributed by atoms with Gasteiger partial charge in [0.15, 0.2) is 0 Å².